The average Bonchev–Trinajstić information content (AvgIpc) is 3.45. The number of benzene rings is 2. The van der Waals surface area contributed by atoms with Crippen molar-refractivity contribution in [2.75, 3.05) is 40.7 Å². The van der Waals surface area contributed by atoms with Gasteiger partial charge in [-0.2, -0.15) is 10.2 Å². The monoisotopic (exact) mass is 616 g/mol. The Morgan fingerprint density at radius 2 is 2.00 bits per heavy atom. The molecule has 2 aliphatic heterocycles. The lowest BCUT2D eigenvalue weighted by Gasteiger charge is -2.41. The number of rotatable bonds is 8. The average molecular weight is 617 g/mol. The first-order valence-corrected chi connectivity index (χ1v) is 14.3. The standard InChI is InChI=1S/C31H33ClN8O4/c1-5-26(41)36-23-15-44-16-24(23)37-29-34-13-19-14-40(30(43)39(4)27(19)38-29)25-11-18(9-10-22(25)32)28(42)35-21-8-6-7-20(12-21)31(2,3)17-33/h5-13,23-24,30,43H,1,14-16H2,2-4H3,(H,35,42)(H,36,41)(H,34,37,38). The first-order valence-electron chi connectivity index (χ1n) is 13.9. The molecule has 4 N–H and O–H groups in total. The topological polar surface area (TPSA) is 156 Å². The summed E-state index contributed by atoms with van der Waals surface area (Å²) in [7, 11) is 1.69. The van der Waals surface area contributed by atoms with Crippen LogP contribution in [-0.4, -0.2) is 65.6 Å². The Morgan fingerprint density at radius 3 is 2.75 bits per heavy atom. The van der Waals surface area contributed by atoms with E-state index in [-0.39, 0.29) is 30.4 Å². The molecule has 3 unspecified atom stereocenters. The van der Waals surface area contributed by atoms with Gasteiger partial charge in [0.25, 0.3) is 5.91 Å². The van der Waals surface area contributed by atoms with Crippen LogP contribution < -0.4 is 25.8 Å². The number of anilines is 4. The number of carbonyl (C=O) groups is 2. The predicted molar refractivity (Wildman–Crippen MR) is 167 cm³/mol. The smallest absolute Gasteiger partial charge is 0.255 e. The summed E-state index contributed by atoms with van der Waals surface area (Å²) < 4.78 is 5.52. The summed E-state index contributed by atoms with van der Waals surface area (Å²) in [6.07, 6.45) is 1.71. The minimum atomic E-state index is -1.15. The summed E-state index contributed by atoms with van der Waals surface area (Å²) >= 11 is 6.58. The number of hydrogen-bond acceptors (Lipinski definition) is 10. The van der Waals surface area contributed by atoms with Crippen LogP contribution in [0.1, 0.15) is 35.3 Å². The van der Waals surface area contributed by atoms with Crippen LogP contribution in [0, 0.1) is 11.3 Å². The van der Waals surface area contributed by atoms with Gasteiger partial charge in [0.2, 0.25) is 18.2 Å². The molecule has 2 amide bonds. The van der Waals surface area contributed by atoms with E-state index in [0.29, 0.717) is 46.9 Å². The van der Waals surface area contributed by atoms with Crippen molar-refractivity contribution in [1.82, 2.24) is 15.3 Å². The summed E-state index contributed by atoms with van der Waals surface area (Å²) in [5.41, 5.74) is 2.14. The predicted octanol–water partition coefficient (Wildman–Crippen LogP) is 3.40. The van der Waals surface area contributed by atoms with Crippen molar-refractivity contribution in [3.05, 3.63) is 83.0 Å². The van der Waals surface area contributed by atoms with E-state index in [1.807, 2.05) is 19.9 Å². The third kappa shape index (κ3) is 6.30. The molecule has 0 radical (unpaired) electrons. The summed E-state index contributed by atoms with van der Waals surface area (Å²) in [5, 5.41) is 30.1. The summed E-state index contributed by atoms with van der Waals surface area (Å²) in [6, 6.07) is 13.7. The van der Waals surface area contributed by atoms with E-state index in [4.69, 9.17) is 16.3 Å². The third-order valence-electron chi connectivity index (χ3n) is 7.69. The Hall–Kier alpha value is -4.70. The van der Waals surface area contributed by atoms with Crippen LogP contribution in [0.2, 0.25) is 5.02 Å². The molecule has 1 fully saturated rings. The van der Waals surface area contributed by atoms with Gasteiger partial charge in [0, 0.05) is 30.1 Å². The molecule has 0 aliphatic carbocycles. The van der Waals surface area contributed by atoms with Gasteiger partial charge in [0.1, 0.15) is 5.82 Å². The summed E-state index contributed by atoms with van der Waals surface area (Å²) in [4.78, 5) is 37.3. The van der Waals surface area contributed by atoms with E-state index >= 15 is 0 Å². The molecule has 3 aromatic rings. The zero-order valence-electron chi connectivity index (χ0n) is 24.5. The fourth-order valence-corrected chi connectivity index (χ4v) is 5.28. The van der Waals surface area contributed by atoms with Gasteiger partial charge in [-0.3, -0.25) is 9.59 Å². The van der Waals surface area contributed by atoms with Crippen molar-refractivity contribution >= 4 is 46.6 Å². The second-order valence-corrected chi connectivity index (χ2v) is 11.6. The van der Waals surface area contributed by atoms with Gasteiger partial charge in [-0.25, -0.2) is 4.98 Å². The number of aromatic nitrogens is 2. The van der Waals surface area contributed by atoms with Gasteiger partial charge in [-0.15, -0.1) is 0 Å². The molecule has 13 heteroatoms. The molecule has 1 saturated heterocycles. The molecule has 12 nitrogen and oxygen atoms in total. The fourth-order valence-electron chi connectivity index (χ4n) is 5.05. The maximum Gasteiger partial charge on any atom is 0.255 e. The fraction of sp³-hybridized carbons (Fsp3) is 0.323. The molecule has 228 valence electrons. The number of nitrogens with zero attached hydrogens (tertiary/aromatic N) is 5. The van der Waals surface area contributed by atoms with Crippen molar-refractivity contribution < 1.29 is 19.4 Å². The second-order valence-electron chi connectivity index (χ2n) is 11.2. The Labute approximate surface area is 260 Å². The third-order valence-corrected chi connectivity index (χ3v) is 8.01. The highest BCUT2D eigenvalue weighted by atomic mass is 35.5. The molecular weight excluding hydrogens is 584 g/mol. The number of halogens is 1. The zero-order valence-corrected chi connectivity index (χ0v) is 25.3. The minimum Gasteiger partial charge on any atom is -0.377 e. The number of nitriles is 1. The van der Waals surface area contributed by atoms with Crippen molar-refractivity contribution in [3.63, 3.8) is 0 Å². The number of fused-ring (bicyclic) bond motifs is 1. The molecule has 2 aliphatic rings. The van der Waals surface area contributed by atoms with Crippen LogP contribution >= 0.6 is 11.6 Å². The normalized spacial score (nSPS) is 19.5. The summed E-state index contributed by atoms with van der Waals surface area (Å²) in [5.74, 6) is 0.175. The first-order chi connectivity index (χ1) is 21.0. The van der Waals surface area contributed by atoms with Crippen LogP contribution in [0.25, 0.3) is 0 Å². The molecule has 2 aromatic carbocycles. The van der Waals surface area contributed by atoms with Crippen LogP contribution in [0.5, 0.6) is 0 Å². The lowest BCUT2D eigenvalue weighted by atomic mass is 9.86. The van der Waals surface area contributed by atoms with Crippen LogP contribution in [0.3, 0.4) is 0 Å². The maximum atomic E-state index is 13.2. The van der Waals surface area contributed by atoms with E-state index in [1.165, 1.54) is 6.08 Å². The molecule has 5 rings (SSSR count). The molecule has 0 spiro atoms. The minimum absolute atomic E-state index is 0.224. The number of ether oxygens (including phenoxy) is 1. The number of aliphatic hydroxyl groups is 1. The molecule has 0 bridgehead atoms. The molecular formula is C31H33ClN8O4. The van der Waals surface area contributed by atoms with Gasteiger partial charge >= 0.3 is 0 Å². The molecule has 44 heavy (non-hydrogen) atoms. The molecule has 0 saturated carbocycles. The first kappa shape index (κ1) is 30.7. The van der Waals surface area contributed by atoms with E-state index in [2.05, 4.69) is 38.6 Å². The van der Waals surface area contributed by atoms with Crippen LogP contribution in [0.15, 0.2) is 61.3 Å². The Balaban J connectivity index is 1.34. The number of nitrogens with one attached hydrogen (secondary N) is 3. The van der Waals surface area contributed by atoms with Gasteiger partial charge in [-0.1, -0.05) is 30.3 Å². The Kier molecular flexibility index (Phi) is 8.73. The van der Waals surface area contributed by atoms with Gasteiger partial charge < -0.3 is 35.6 Å². The number of hydrogen-bond donors (Lipinski definition) is 4. The van der Waals surface area contributed by atoms with Crippen molar-refractivity contribution in [3.8, 4) is 6.07 Å². The highest BCUT2D eigenvalue weighted by Gasteiger charge is 2.34. The van der Waals surface area contributed by atoms with Crippen molar-refractivity contribution in [2.45, 2.75) is 44.2 Å². The highest BCUT2D eigenvalue weighted by molar-refractivity contribution is 6.33. The quantitative estimate of drug-likeness (QED) is 0.277. The molecule has 1 aromatic heterocycles. The van der Waals surface area contributed by atoms with E-state index in [0.717, 1.165) is 11.1 Å². The zero-order chi connectivity index (χ0) is 31.6. The van der Waals surface area contributed by atoms with E-state index < -0.39 is 11.8 Å². The Bertz CT molecular complexity index is 1640. The van der Waals surface area contributed by atoms with Crippen molar-refractivity contribution in [2.24, 2.45) is 0 Å². The number of amides is 2. The molecule has 3 atom stereocenters. The van der Waals surface area contributed by atoms with Crippen molar-refractivity contribution in [1.29, 1.82) is 5.26 Å². The number of aliphatic hydroxyl groups excluding tert-OH is 1. The Morgan fingerprint density at radius 1 is 1.23 bits per heavy atom. The molecule has 3 heterocycles. The van der Waals surface area contributed by atoms with Gasteiger partial charge in [-0.05, 0) is 55.8 Å². The van der Waals surface area contributed by atoms with Crippen LogP contribution in [0.4, 0.5) is 23.1 Å². The second kappa shape index (κ2) is 12.5. The van der Waals surface area contributed by atoms with E-state index in [1.54, 1.807) is 59.4 Å². The van der Waals surface area contributed by atoms with Crippen LogP contribution in [-0.2, 0) is 21.5 Å². The van der Waals surface area contributed by atoms with Gasteiger partial charge in [0.15, 0.2) is 0 Å². The SMILES string of the molecule is C=CC(=O)NC1COCC1Nc1ncc2c(n1)N(C)C(O)N(c1cc(C(=O)Nc3cccc(C(C)(C)C#N)c3)ccc1Cl)C2. The number of carbonyl (C=O) groups excluding carboxylic acids is 2. The highest BCUT2D eigenvalue weighted by Crippen LogP contribution is 2.36. The van der Waals surface area contributed by atoms with E-state index in [9.17, 15) is 20.0 Å². The maximum absolute atomic E-state index is 13.2. The van der Waals surface area contributed by atoms with Gasteiger partial charge in [0.05, 0.1) is 54.0 Å². The largest absolute Gasteiger partial charge is 0.377 e. The lowest BCUT2D eigenvalue weighted by Crippen LogP contribution is -2.51. The summed E-state index contributed by atoms with van der Waals surface area (Å²) in [6.45, 7) is 8.04. The lowest BCUT2D eigenvalue weighted by molar-refractivity contribution is -0.117.